The predicted octanol–water partition coefficient (Wildman–Crippen LogP) is 4.43. The van der Waals surface area contributed by atoms with Gasteiger partial charge in [-0.25, -0.2) is 4.98 Å². The minimum Gasteiger partial charge on any atom is -0.481 e. The van der Waals surface area contributed by atoms with E-state index >= 15 is 0 Å². The average molecular weight is 360 g/mol. The van der Waals surface area contributed by atoms with Gasteiger partial charge in [-0.05, 0) is 36.1 Å². The smallest absolute Gasteiger partial charge is 0.266 e. The summed E-state index contributed by atoms with van der Waals surface area (Å²) in [7, 11) is 1.53. The van der Waals surface area contributed by atoms with Crippen LogP contribution in [0.25, 0.3) is 11.1 Å². The van der Waals surface area contributed by atoms with Crippen LogP contribution in [-0.2, 0) is 0 Å². The Morgan fingerprint density at radius 3 is 2.88 bits per heavy atom. The molecular weight excluding hydrogens is 346 g/mol. The number of anilines is 1. The molecule has 5 nitrogen and oxygen atoms in total. The zero-order valence-corrected chi connectivity index (χ0v) is 14.6. The third-order valence-electron chi connectivity index (χ3n) is 3.44. The third kappa shape index (κ3) is 3.25. The first-order chi connectivity index (χ1) is 11.6. The van der Waals surface area contributed by atoms with Crippen molar-refractivity contribution >= 4 is 34.5 Å². The van der Waals surface area contributed by atoms with Gasteiger partial charge in [0.1, 0.15) is 4.88 Å². The number of pyridine rings is 2. The zero-order chi connectivity index (χ0) is 17.1. The van der Waals surface area contributed by atoms with Crippen molar-refractivity contribution in [2.75, 3.05) is 12.4 Å². The molecule has 24 heavy (non-hydrogen) atoms. The fourth-order valence-corrected chi connectivity index (χ4v) is 3.23. The van der Waals surface area contributed by atoms with Crippen LogP contribution < -0.4 is 10.1 Å². The van der Waals surface area contributed by atoms with Gasteiger partial charge in [-0.15, -0.1) is 11.3 Å². The molecule has 0 bridgehead atoms. The van der Waals surface area contributed by atoms with E-state index in [2.05, 4.69) is 15.3 Å². The Labute approximate surface area is 148 Å². The second kappa shape index (κ2) is 6.98. The van der Waals surface area contributed by atoms with Crippen molar-refractivity contribution in [3.05, 3.63) is 57.6 Å². The fourth-order valence-electron chi connectivity index (χ4n) is 2.27. The molecule has 0 aromatic carbocycles. The van der Waals surface area contributed by atoms with Gasteiger partial charge < -0.3 is 10.1 Å². The number of ether oxygens (including phenoxy) is 1. The Hall–Kier alpha value is -2.44. The highest BCUT2D eigenvalue weighted by Gasteiger charge is 2.19. The number of nitrogens with one attached hydrogen (secondary N) is 1. The van der Waals surface area contributed by atoms with Crippen LogP contribution >= 0.6 is 22.9 Å². The molecular formula is C17H14ClN3O2S. The number of hydrogen-bond acceptors (Lipinski definition) is 5. The summed E-state index contributed by atoms with van der Waals surface area (Å²) in [6, 6.07) is 5.36. The van der Waals surface area contributed by atoms with Crippen molar-refractivity contribution in [1.82, 2.24) is 9.97 Å². The SMILES string of the molecule is COc1ncc(Cl)cc1-c1ccsc1C(=O)Nc1ccncc1C. The van der Waals surface area contributed by atoms with Gasteiger partial charge in [-0.3, -0.25) is 9.78 Å². The highest BCUT2D eigenvalue weighted by atomic mass is 35.5. The first kappa shape index (κ1) is 16.4. The van der Waals surface area contributed by atoms with Crippen molar-refractivity contribution in [2.24, 2.45) is 0 Å². The van der Waals surface area contributed by atoms with Gasteiger partial charge in [0.25, 0.3) is 5.91 Å². The molecule has 3 aromatic heterocycles. The minimum absolute atomic E-state index is 0.198. The van der Waals surface area contributed by atoms with Crippen LogP contribution in [0.5, 0.6) is 5.88 Å². The minimum atomic E-state index is -0.198. The highest BCUT2D eigenvalue weighted by Crippen LogP contribution is 2.35. The van der Waals surface area contributed by atoms with E-state index in [1.807, 2.05) is 18.4 Å². The number of methoxy groups -OCH3 is 1. The molecule has 3 rings (SSSR count). The number of hydrogen-bond donors (Lipinski definition) is 1. The highest BCUT2D eigenvalue weighted by molar-refractivity contribution is 7.12. The molecule has 0 saturated carbocycles. The zero-order valence-electron chi connectivity index (χ0n) is 13.0. The predicted molar refractivity (Wildman–Crippen MR) is 96.0 cm³/mol. The van der Waals surface area contributed by atoms with Crippen molar-refractivity contribution < 1.29 is 9.53 Å². The lowest BCUT2D eigenvalue weighted by Crippen LogP contribution is -2.12. The van der Waals surface area contributed by atoms with Crippen LogP contribution in [0.3, 0.4) is 0 Å². The van der Waals surface area contributed by atoms with Crippen LogP contribution in [0.2, 0.25) is 5.02 Å². The quantitative estimate of drug-likeness (QED) is 0.748. The van der Waals surface area contributed by atoms with Crippen molar-refractivity contribution in [2.45, 2.75) is 6.92 Å². The molecule has 0 aliphatic carbocycles. The number of thiophene rings is 1. The van der Waals surface area contributed by atoms with Gasteiger partial charge in [-0.2, -0.15) is 0 Å². The molecule has 1 amide bonds. The molecule has 0 aliphatic heterocycles. The third-order valence-corrected chi connectivity index (χ3v) is 4.56. The van der Waals surface area contributed by atoms with Crippen LogP contribution in [-0.4, -0.2) is 23.0 Å². The van der Waals surface area contributed by atoms with E-state index in [0.717, 1.165) is 16.8 Å². The summed E-state index contributed by atoms with van der Waals surface area (Å²) < 4.78 is 5.29. The summed E-state index contributed by atoms with van der Waals surface area (Å²) >= 11 is 7.40. The second-order valence-corrected chi connectivity index (χ2v) is 6.37. The van der Waals surface area contributed by atoms with Gasteiger partial charge in [0.2, 0.25) is 5.88 Å². The first-order valence-electron chi connectivity index (χ1n) is 7.09. The van der Waals surface area contributed by atoms with Crippen molar-refractivity contribution in [3.63, 3.8) is 0 Å². The molecule has 0 spiro atoms. The second-order valence-electron chi connectivity index (χ2n) is 5.02. The lowest BCUT2D eigenvalue weighted by molar-refractivity contribution is 0.103. The Morgan fingerprint density at radius 1 is 1.29 bits per heavy atom. The molecule has 3 heterocycles. The Bertz CT molecular complexity index is 895. The maximum absolute atomic E-state index is 12.7. The van der Waals surface area contributed by atoms with E-state index < -0.39 is 0 Å². The normalized spacial score (nSPS) is 10.5. The lowest BCUT2D eigenvalue weighted by Gasteiger charge is -2.10. The van der Waals surface area contributed by atoms with Gasteiger partial charge >= 0.3 is 0 Å². The van der Waals surface area contributed by atoms with E-state index in [1.165, 1.54) is 24.6 Å². The Kier molecular flexibility index (Phi) is 4.78. The van der Waals surface area contributed by atoms with E-state index in [4.69, 9.17) is 16.3 Å². The number of nitrogens with zero attached hydrogens (tertiary/aromatic N) is 2. The number of aromatic nitrogens is 2. The molecule has 7 heteroatoms. The van der Waals surface area contributed by atoms with Crippen molar-refractivity contribution in [1.29, 1.82) is 0 Å². The summed E-state index contributed by atoms with van der Waals surface area (Å²) in [4.78, 5) is 21.4. The summed E-state index contributed by atoms with van der Waals surface area (Å²) in [6.45, 7) is 1.89. The van der Waals surface area contributed by atoms with Crippen LogP contribution in [0, 0.1) is 6.92 Å². The van der Waals surface area contributed by atoms with Gasteiger partial charge in [-0.1, -0.05) is 11.6 Å². The first-order valence-corrected chi connectivity index (χ1v) is 8.35. The van der Waals surface area contributed by atoms with Gasteiger partial charge in [0, 0.05) is 35.4 Å². The molecule has 122 valence electrons. The number of aryl methyl sites for hydroxylation is 1. The molecule has 0 unspecified atom stereocenters. The van der Waals surface area contributed by atoms with E-state index in [-0.39, 0.29) is 5.91 Å². The number of carbonyl (C=O) groups is 1. The summed E-state index contributed by atoms with van der Waals surface area (Å²) in [5, 5.41) is 5.24. The molecule has 0 saturated heterocycles. The summed E-state index contributed by atoms with van der Waals surface area (Å²) in [6.07, 6.45) is 4.85. The summed E-state index contributed by atoms with van der Waals surface area (Å²) in [5.41, 5.74) is 3.04. The van der Waals surface area contributed by atoms with Crippen molar-refractivity contribution in [3.8, 4) is 17.0 Å². The van der Waals surface area contributed by atoms with Crippen LogP contribution in [0.4, 0.5) is 5.69 Å². The standard InChI is InChI=1S/C17H14ClN3O2S/c1-10-8-19-5-3-14(10)21-16(22)15-12(4-6-24-15)13-7-11(18)9-20-17(13)23-2/h3-9H,1-2H3,(H,19,21,22). The Balaban J connectivity index is 1.98. The topological polar surface area (TPSA) is 64.1 Å². The maximum Gasteiger partial charge on any atom is 0.266 e. The average Bonchev–Trinajstić information content (AvgIpc) is 3.06. The van der Waals surface area contributed by atoms with E-state index in [0.29, 0.717) is 21.3 Å². The Morgan fingerprint density at radius 2 is 2.12 bits per heavy atom. The molecule has 0 atom stereocenters. The molecule has 0 radical (unpaired) electrons. The number of halogens is 1. The lowest BCUT2D eigenvalue weighted by atomic mass is 10.1. The molecule has 0 aliphatic rings. The van der Waals surface area contributed by atoms with Crippen LogP contribution in [0.1, 0.15) is 15.2 Å². The number of amides is 1. The largest absolute Gasteiger partial charge is 0.481 e. The molecule has 1 N–H and O–H groups in total. The molecule has 0 fully saturated rings. The summed E-state index contributed by atoms with van der Waals surface area (Å²) in [5.74, 6) is 0.225. The van der Waals surface area contributed by atoms with E-state index in [9.17, 15) is 4.79 Å². The van der Waals surface area contributed by atoms with Gasteiger partial charge in [0.05, 0.1) is 12.1 Å². The van der Waals surface area contributed by atoms with Gasteiger partial charge in [0.15, 0.2) is 0 Å². The van der Waals surface area contributed by atoms with E-state index in [1.54, 1.807) is 24.5 Å². The monoisotopic (exact) mass is 359 g/mol. The fraction of sp³-hybridized carbons (Fsp3) is 0.118. The maximum atomic E-state index is 12.7. The van der Waals surface area contributed by atoms with Crippen LogP contribution in [0.15, 0.2) is 42.2 Å². The number of rotatable bonds is 4. The molecule has 3 aromatic rings. The number of carbonyl (C=O) groups excluding carboxylic acids is 1.